The minimum atomic E-state index is -0.442. The first-order valence-corrected chi connectivity index (χ1v) is 7.06. The fraction of sp³-hybridized carbons (Fsp3) is 0.500. The Morgan fingerprint density at radius 1 is 1.48 bits per heavy atom. The number of hydrogen-bond donors (Lipinski definition) is 2. The second kappa shape index (κ2) is 5.33. The quantitative estimate of drug-likeness (QED) is 0.664. The molecular formula is C14H18N4O3. The van der Waals surface area contributed by atoms with Crippen LogP contribution in [-0.4, -0.2) is 29.5 Å². The number of nitrogens with one attached hydrogen (secondary N) is 2. The number of nitro benzene ring substituents is 1. The van der Waals surface area contributed by atoms with Crippen LogP contribution in [-0.2, 0) is 0 Å². The summed E-state index contributed by atoms with van der Waals surface area (Å²) in [5.41, 5.74) is 0.887. The molecule has 3 rings (SSSR count). The number of nitrogens with zero attached hydrogens (tertiary/aromatic N) is 2. The van der Waals surface area contributed by atoms with E-state index in [-0.39, 0.29) is 11.1 Å². The molecule has 112 valence electrons. The van der Waals surface area contributed by atoms with Gasteiger partial charge < -0.3 is 15.1 Å². The zero-order valence-corrected chi connectivity index (χ0v) is 11.9. The molecule has 1 saturated heterocycles. The lowest BCUT2D eigenvalue weighted by atomic mass is 9.81. The Labute approximate surface area is 121 Å². The van der Waals surface area contributed by atoms with E-state index in [0.29, 0.717) is 17.1 Å². The van der Waals surface area contributed by atoms with Gasteiger partial charge in [-0.1, -0.05) is 13.0 Å². The van der Waals surface area contributed by atoms with E-state index in [4.69, 9.17) is 4.42 Å². The van der Waals surface area contributed by atoms with Crippen LogP contribution < -0.4 is 10.6 Å². The molecule has 1 aromatic heterocycles. The number of non-ortho nitro benzene ring substituents is 1. The second-order valence-electron chi connectivity index (χ2n) is 5.81. The van der Waals surface area contributed by atoms with Crippen molar-refractivity contribution in [2.75, 3.05) is 25.0 Å². The molecule has 0 aliphatic carbocycles. The first-order valence-electron chi connectivity index (χ1n) is 7.06. The summed E-state index contributed by atoms with van der Waals surface area (Å²) in [7, 11) is 0. The molecule has 0 amide bonds. The monoisotopic (exact) mass is 290 g/mol. The fourth-order valence-electron chi connectivity index (χ4n) is 2.65. The summed E-state index contributed by atoms with van der Waals surface area (Å²) < 4.78 is 5.55. The molecule has 1 aliphatic rings. The molecule has 2 aromatic rings. The van der Waals surface area contributed by atoms with Gasteiger partial charge in [0.1, 0.15) is 0 Å². The average molecular weight is 290 g/mol. The largest absolute Gasteiger partial charge is 0.423 e. The number of piperidine rings is 1. The molecule has 7 nitrogen and oxygen atoms in total. The van der Waals surface area contributed by atoms with Crippen molar-refractivity contribution < 1.29 is 9.34 Å². The van der Waals surface area contributed by atoms with E-state index < -0.39 is 4.92 Å². The molecule has 0 saturated carbocycles. The van der Waals surface area contributed by atoms with Gasteiger partial charge in [0, 0.05) is 12.6 Å². The van der Waals surface area contributed by atoms with Crippen molar-refractivity contribution in [1.29, 1.82) is 0 Å². The topological polar surface area (TPSA) is 93.2 Å². The van der Waals surface area contributed by atoms with E-state index in [1.807, 2.05) is 0 Å². The molecule has 7 heteroatoms. The van der Waals surface area contributed by atoms with Gasteiger partial charge in [0.05, 0.1) is 4.92 Å². The SMILES string of the molecule is CC1(CNc2nc3c([N+](=O)[O-])cccc3o2)CCNCC1. The van der Waals surface area contributed by atoms with Crippen molar-refractivity contribution in [1.82, 2.24) is 10.3 Å². The number of nitro groups is 1. The van der Waals surface area contributed by atoms with Gasteiger partial charge in [-0.25, -0.2) is 0 Å². The summed E-state index contributed by atoms with van der Waals surface area (Å²) in [5.74, 6) is 0. The number of aromatic nitrogens is 1. The van der Waals surface area contributed by atoms with E-state index in [2.05, 4.69) is 22.5 Å². The van der Waals surface area contributed by atoms with Crippen LogP contribution in [0.4, 0.5) is 11.7 Å². The van der Waals surface area contributed by atoms with E-state index >= 15 is 0 Å². The minimum Gasteiger partial charge on any atom is -0.423 e. The van der Waals surface area contributed by atoms with Crippen molar-refractivity contribution in [2.45, 2.75) is 19.8 Å². The lowest BCUT2D eigenvalue weighted by molar-refractivity contribution is -0.383. The molecule has 1 aromatic carbocycles. The smallest absolute Gasteiger partial charge is 0.298 e. The van der Waals surface area contributed by atoms with Crippen LogP contribution in [0.25, 0.3) is 11.1 Å². The lowest BCUT2D eigenvalue weighted by Gasteiger charge is -2.33. The third kappa shape index (κ3) is 2.82. The zero-order chi connectivity index (χ0) is 14.9. The summed E-state index contributed by atoms with van der Waals surface area (Å²) in [6.07, 6.45) is 2.17. The normalized spacial score (nSPS) is 17.8. The summed E-state index contributed by atoms with van der Waals surface area (Å²) >= 11 is 0. The van der Waals surface area contributed by atoms with Crippen molar-refractivity contribution in [3.8, 4) is 0 Å². The molecule has 0 radical (unpaired) electrons. The second-order valence-corrected chi connectivity index (χ2v) is 5.81. The van der Waals surface area contributed by atoms with Gasteiger partial charge >= 0.3 is 0 Å². The summed E-state index contributed by atoms with van der Waals surface area (Å²) in [4.78, 5) is 14.7. The number of fused-ring (bicyclic) bond motifs is 1. The predicted molar refractivity (Wildman–Crippen MR) is 79.4 cm³/mol. The molecule has 21 heavy (non-hydrogen) atoms. The van der Waals surface area contributed by atoms with E-state index in [1.165, 1.54) is 6.07 Å². The molecular weight excluding hydrogens is 272 g/mol. The zero-order valence-electron chi connectivity index (χ0n) is 11.9. The number of anilines is 1. The van der Waals surface area contributed by atoms with E-state index in [9.17, 15) is 10.1 Å². The number of benzene rings is 1. The Morgan fingerprint density at radius 3 is 2.95 bits per heavy atom. The molecule has 0 atom stereocenters. The van der Waals surface area contributed by atoms with Crippen LogP contribution in [0.5, 0.6) is 0 Å². The van der Waals surface area contributed by atoms with Crippen LogP contribution in [0.1, 0.15) is 19.8 Å². The van der Waals surface area contributed by atoms with Crippen molar-refractivity contribution >= 4 is 22.8 Å². The Hall–Kier alpha value is -2.15. The third-order valence-corrected chi connectivity index (χ3v) is 4.07. The Bertz CT molecular complexity index is 661. The lowest BCUT2D eigenvalue weighted by Crippen LogP contribution is -2.39. The maximum Gasteiger partial charge on any atom is 0.298 e. The molecule has 2 N–H and O–H groups in total. The Morgan fingerprint density at radius 2 is 2.24 bits per heavy atom. The van der Waals surface area contributed by atoms with Crippen LogP contribution in [0.2, 0.25) is 0 Å². The molecule has 0 spiro atoms. The first kappa shape index (κ1) is 13.8. The fourth-order valence-corrected chi connectivity index (χ4v) is 2.65. The predicted octanol–water partition coefficient (Wildman–Crippen LogP) is 2.54. The van der Waals surface area contributed by atoms with Crippen molar-refractivity contribution in [2.24, 2.45) is 5.41 Å². The summed E-state index contributed by atoms with van der Waals surface area (Å²) in [6.45, 7) is 5.00. The van der Waals surface area contributed by atoms with Gasteiger partial charge in [-0.3, -0.25) is 10.1 Å². The van der Waals surface area contributed by atoms with Crippen LogP contribution >= 0.6 is 0 Å². The highest BCUT2D eigenvalue weighted by Gasteiger charge is 2.27. The molecule has 1 fully saturated rings. The van der Waals surface area contributed by atoms with Gasteiger partial charge in [0.25, 0.3) is 11.7 Å². The van der Waals surface area contributed by atoms with Crippen LogP contribution in [0.3, 0.4) is 0 Å². The third-order valence-electron chi connectivity index (χ3n) is 4.07. The average Bonchev–Trinajstić information content (AvgIpc) is 2.88. The highest BCUT2D eigenvalue weighted by atomic mass is 16.6. The van der Waals surface area contributed by atoms with E-state index in [1.54, 1.807) is 12.1 Å². The Kier molecular flexibility index (Phi) is 3.50. The maximum atomic E-state index is 11.0. The molecule has 0 bridgehead atoms. The number of oxazole rings is 1. The molecule has 0 unspecified atom stereocenters. The van der Waals surface area contributed by atoms with E-state index in [0.717, 1.165) is 32.5 Å². The minimum absolute atomic E-state index is 0.0302. The first-order chi connectivity index (χ1) is 10.1. The van der Waals surface area contributed by atoms with Crippen molar-refractivity contribution in [3.05, 3.63) is 28.3 Å². The molecule has 1 aliphatic heterocycles. The highest BCUT2D eigenvalue weighted by molar-refractivity contribution is 5.83. The summed E-state index contributed by atoms with van der Waals surface area (Å²) in [6, 6.07) is 5.07. The standard InChI is InChI=1S/C14H18N4O3/c1-14(5-7-15-8-6-14)9-16-13-17-12-10(18(19)20)3-2-4-11(12)21-13/h2-4,15H,5-9H2,1H3,(H,16,17). The van der Waals surface area contributed by atoms with Gasteiger partial charge in [-0.05, 0) is 37.4 Å². The van der Waals surface area contributed by atoms with Crippen molar-refractivity contribution in [3.63, 3.8) is 0 Å². The van der Waals surface area contributed by atoms with Crippen LogP contribution in [0, 0.1) is 15.5 Å². The molecule has 2 heterocycles. The maximum absolute atomic E-state index is 11.0. The highest BCUT2D eigenvalue weighted by Crippen LogP contribution is 2.30. The van der Waals surface area contributed by atoms with Gasteiger partial charge in [-0.15, -0.1) is 0 Å². The number of rotatable bonds is 4. The Balaban J connectivity index is 1.78. The van der Waals surface area contributed by atoms with Gasteiger partial charge in [0.2, 0.25) is 0 Å². The summed E-state index contributed by atoms with van der Waals surface area (Å²) in [5, 5.41) is 17.5. The number of para-hydroxylation sites is 1. The van der Waals surface area contributed by atoms with Gasteiger partial charge in [0.15, 0.2) is 11.1 Å². The number of hydrogen-bond acceptors (Lipinski definition) is 6. The van der Waals surface area contributed by atoms with Gasteiger partial charge in [-0.2, -0.15) is 4.98 Å². The van der Waals surface area contributed by atoms with Crippen LogP contribution in [0.15, 0.2) is 22.6 Å².